The lowest BCUT2D eigenvalue weighted by atomic mass is 10.1. The Kier molecular flexibility index (Phi) is 3.34. The van der Waals surface area contributed by atoms with Gasteiger partial charge in [0, 0.05) is 12.5 Å². The van der Waals surface area contributed by atoms with E-state index in [-0.39, 0.29) is 17.4 Å². The first-order chi connectivity index (χ1) is 7.57. The highest BCUT2D eigenvalue weighted by molar-refractivity contribution is 9.08. The van der Waals surface area contributed by atoms with Gasteiger partial charge in [0.25, 0.3) is 0 Å². The average molecular weight is 308 g/mol. The maximum Gasteiger partial charge on any atom is 0.151 e. The fraction of sp³-hybridized carbons (Fsp3) is 0.778. The number of halogens is 1. The molecule has 0 radical (unpaired) electrons. The van der Waals surface area contributed by atoms with E-state index >= 15 is 0 Å². The maximum atomic E-state index is 11.4. The van der Waals surface area contributed by atoms with E-state index in [2.05, 4.69) is 26.1 Å². The van der Waals surface area contributed by atoms with Gasteiger partial charge in [0.1, 0.15) is 11.6 Å². The van der Waals surface area contributed by atoms with Gasteiger partial charge in [-0.3, -0.25) is 0 Å². The molecule has 0 N–H and O–H groups in total. The van der Waals surface area contributed by atoms with Gasteiger partial charge >= 0.3 is 0 Å². The molecule has 1 fully saturated rings. The zero-order valence-electron chi connectivity index (χ0n) is 9.06. The minimum atomic E-state index is -2.86. The molecular formula is C9H14BrN3O2S. The SMILES string of the molecule is CCn1c(CBr)nnc1C1CCS(=O)(=O)C1. The van der Waals surface area contributed by atoms with Crippen molar-refractivity contribution in [1.82, 2.24) is 14.8 Å². The van der Waals surface area contributed by atoms with Gasteiger partial charge in [0.2, 0.25) is 0 Å². The normalized spacial score (nSPS) is 23.8. The van der Waals surface area contributed by atoms with E-state index in [1.54, 1.807) is 0 Å². The van der Waals surface area contributed by atoms with Crippen molar-refractivity contribution in [2.45, 2.75) is 31.1 Å². The van der Waals surface area contributed by atoms with Gasteiger partial charge in [-0.2, -0.15) is 0 Å². The van der Waals surface area contributed by atoms with Crippen molar-refractivity contribution in [1.29, 1.82) is 0 Å². The number of rotatable bonds is 3. The Balaban J connectivity index is 2.31. The van der Waals surface area contributed by atoms with Gasteiger partial charge < -0.3 is 4.57 Å². The van der Waals surface area contributed by atoms with E-state index in [0.717, 1.165) is 18.2 Å². The molecule has 0 aromatic carbocycles. The first-order valence-electron chi connectivity index (χ1n) is 5.25. The van der Waals surface area contributed by atoms with Gasteiger partial charge in [-0.05, 0) is 13.3 Å². The zero-order chi connectivity index (χ0) is 11.8. The summed E-state index contributed by atoms with van der Waals surface area (Å²) in [7, 11) is -2.86. The maximum absolute atomic E-state index is 11.4. The Bertz CT molecular complexity index is 483. The van der Waals surface area contributed by atoms with E-state index in [1.165, 1.54) is 0 Å². The first kappa shape index (κ1) is 12.0. The van der Waals surface area contributed by atoms with Crippen molar-refractivity contribution < 1.29 is 8.42 Å². The number of hydrogen-bond acceptors (Lipinski definition) is 4. The number of aromatic nitrogens is 3. The van der Waals surface area contributed by atoms with Crippen molar-refractivity contribution in [2.24, 2.45) is 0 Å². The predicted molar refractivity (Wildman–Crippen MR) is 64.3 cm³/mol. The molecule has 0 spiro atoms. The van der Waals surface area contributed by atoms with E-state index < -0.39 is 9.84 Å². The largest absolute Gasteiger partial charge is 0.314 e. The number of sulfone groups is 1. The standard InChI is InChI=1S/C9H14BrN3O2S/c1-2-13-8(5-10)11-12-9(13)7-3-4-16(14,15)6-7/h7H,2-6H2,1H3. The minimum absolute atomic E-state index is 0.0187. The molecule has 1 saturated heterocycles. The fourth-order valence-electron chi connectivity index (χ4n) is 2.09. The smallest absolute Gasteiger partial charge is 0.151 e. The van der Waals surface area contributed by atoms with Crippen molar-refractivity contribution in [3.05, 3.63) is 11.6 Å². The van der Waals surface area contributed by atoms with E-state index in [1.807, 2.05) is 11.5 Å². The topological polar surface area (TPSA) is 64.8 Å². The molecule has 0 bridgehead atoms. The highest BCUT2D eigenvalue weighted by Gasteiger charge is 2.32. The van der Waals surface area contributed by atoms with Crippen LogP contribution < -0.4 is 0 Å². The number of nitrogens with zero attached hydrogens (tertiary/aromatic N) is 3. The zero-order valence-corrected chi connectivity index (χ0v) is 11.5. The number of hydrogen-bond donors (Lipinski definition) is 0. The van der Waals surface area contributed by atoms with Crippen LogP contribution in [0.4, 0.5) is 0 Å². The third-order valence-corrected chi connectivity index (χ3v) is 5.16. The van der Waals surface area contributed by atoms with Crippen LogP contribution in [0.25, 0.3) is 0 Å². The van der Waals surface area contributed by atoms with Crippen LogP contribution in [0.5, 0.6) is 0 Å². The summed E-state index contributed by atoms with van der Waals surface area (Å²) in [5.41, 5.74) is 0. The second-order valence-electron chi connectivity index (χ2n) is 3.95. The van der Waals surface area contributed by atoms with Crippen LogP contribution >= 0.6 is 15.9 Å². The van der Waals surface area contributed by atoms with E-state index in [4.69, 9.17) is 0 Å². The van der Waals surface area contributed by atoms with Crippen LogP contribution in [0.2, 0.25) is 0 Å². The summed E-state index contributed by atoms with van der Waals surface area (Å²) < 4.78 is 24.8. The van der Waals surface area contributed by atoms with Gasteiger partial charge in [-0.1, -0.05) is 15.9 Å². The van der Waals surface area contributed by atoms with Crippen LogP contribution in [0.15, 0.2) is 0 Å². The summed E-state index contributed by atoms with van der Waals surface area (Å²) in [6.07, 6.45) is 0.669. The van der Waals surface area contributed by atoms with Crippen molar-refractivity contribution >= 4 is 25.8 Å². The van der Waals surface area contributed by atoms with Crippen LogP contribution in [0.1, 0.15) is 30.9 Å². The molecule has 90 valence electrons. The lowest BCUT2D eigenvalue weighted by molar-refractivity contribution is 0.597. The van der Waals surface area contributed by atoms with Crippen LogP contribution in [-0.2, 0) is 21.7 Å². The van der Waals surface area contributed by atoms with Gasteiger partial charge in [-0.25, -0.2) is 8.42 Å². The first-order valence-corrected chi connectivity index (χ1v) is 8.20. The Morgan fingerprint density at radius 2 is 2.25 bits per heavy atom. The fourth-order valence-corrected chi connectivity index (χ4v) is 4.25. The summed E-state index contributed by atoms with van der Waals surface area (Å²) in [5, 5.41) is 8.84. The van der Waals surface area contributed by atoms with Crippen LogP contribution in [0, 0.1) is 0 Å². The summed E-state index contributed by atoms with van der Waals surface area (Å²) in [6.45, 7) is 2.79. The Morgan fingerprint density at radius 1 is 1.50 bits per heavy atom. The van der Waals surface area contributed by atoms with E-state index in [9.17, 15) is 8.42 Å². The molecule has 1 aliphatic heterocycles. The molecule has 16 heavy (non-hydrogen) atoms. The Labute approximate surface area is 103 Å². The van der Waals surface area contributed by atoms with Gasteiger partial charge in [0.15, 0.2) is 9.84 Å². The molecule has 5 nitrogen and oxygen atoms in total. The molecule has 0 saturated carbocycles. The molecule has 0 aliphatic carbocycles. The van der Waals surface area contributed by atoms with Crippen LogP contribution in [0.3, 0.4) is 0 Å². The highest BCUT2D eigenvalue weighted by atomic mass is 79.9. The molecular weight excluding hydrogens is 294 g/mol. The molecule has 1 unspecified atom stereocenters. The summed E-state index contributed by atoms with van der Waals surface area (Å²) in [6, 6.07) is 0. The van der Waals surface area contributed by atoms with Gasteiger partial charge in [0.05, 0.1) is 16.8 Å². The third kappa shape index (κ3) is 2.15. The summed E-state index contributed by atoms with van der Waals surface area (Å²) in [5.74, 6) is 2.19. The minimum Gasteiger partial charge on any atom is -0.314 e. The molecule has 2 heterocycles. The quantitative estimate of drug-likeness (QED) is 0.784. The summed E-state index contributed by atoms with van der Waals surface area (Å²) in [4.78, 5) is 0. The summed E-state index contributed by atoms with van der Waals surface area (Å²) >= 11 is 3.35. The molecule has 1 aliphatic rings. The van der Waals surface area contributed by atoms with Crippen LogP contribution in [-0.4, -0.2) is 34.7 Å². The number of alkyl halides is 1. The second kappa shape index (κ2) is 4.44. The third-order valence-electron chi connectivity index (χ3n) is 2.89. The predicted octanol–water partition coefficient (Wildman–Crippen LogP) is 1.09. The molecule has 1 aromatic rings. The molecule has 1 atom stereocenters. The average Bonchev–Trinajstić information content (AvgIpc) is 2.80. The molecule has 7 heteroatoms. The van der Waals surface area contributed by atoms with E-state index in [0.29, 0.717) is 11.8 Å². The lowest BCUT2D eigenvalue weighted by Crippen LogP contribution is -2.11. The van der Waals surface area contributed by atoms with Gasteiger partial charge in [-0.15, -0.1) is 10.2 Å². The second-order valence-corrected chi connectivity index (χ2v) is 6.74. The monoisotopic (exact) mass is 307 g/mol. The van der Waals surface area contributed by atoms with Crippen molar-refractivity contribution in [3.63, 3.8) is 0 Å². The van der Waals surface area contributed by atoms with Crippen molar-refractivity contribution in [3.8, 4) is 0 Å². The van der Waals surface area contributed by atoms with Crippen molar-refractivity contribution in [2.75, 3.05) is 11.5 Å². The lowest BCUT2D eigenvalue weighted by Gasteiger charge is -2.09. The Hall–Kier alpha value is -0.430. The molecule has 0 amide bonds. The molecule has 1 aromatic heterocycles. The Morgan fingerprint density at radius 3 is 2.75 bits per heavy atom. The highest BCUT2D eigenvalue weighted by Crippen LogP contribution is 2.28. The molecule has 2 rings (SSSR count).